The van der Waals surface area contributed by atoms with Crippen molar-refractivity contribution in [1.29, 1.82) is 0 Å². The molecular weight excluding hydrogens is 312 g/mol. The summed E-state index contributed by atoms with van der Waals surface area (Å²) in [4.78, 5) is 0. The highest BCUT2D eigenvalue weighted by atomic mass is 79.9. The summed E-state index contributed by atoms with van der Waals surface area (Å²) in [6.07, 6.45) is 0.859. The number of rotatable bonds is 5. The van der Waals surface area contributed by atoms with Crippen molar-refractivity contribution in [3.05, 3.63) is 32.7 Å². The SMILES string of the molecule is OCCOCCc1cc(Br)cc(Br)c1. The number of hydrogen-bond donors (Lipinski definition) is 1. The molecule has 0 saturated heterocycles. The van der Waals surface area contributed by atoms with Crippen LogP contribution >= 0.6 is 31.9 Å². The van der Waals surface area contributed by atoms with Gasteiger partial charge in [-0.2, -0.15) is 0 Å². The largest absolute Gasteiger partial charge is 0.394 e. The smallest absolute Gasteiger partial charge is 0.0697 e. The van der Waals surface area contributed by atoms with E-state index < -0.39 is 0 Å². The molecule has 0 aromatic heterocycles. The standard InChI is InChI=1S/C10H12Br2O2/c11-9-5-8(6-10(12)7-9)1-3-14-4-2-13/h5-7,13H,1-4H2. The van der Waals surface area contributed by atoms with Crippen LogP contribution < -0.4 is 0 Å². The van der Waals surface area contributed by atoms with Gasteiger partial charge in [0.05, 0.1) is 19.8 Å². The fourth-order valence-electron chi connectivity index (χ4n) is 1.11. The van der Waals surface area contributed by atoms with E-state index in [4.69, 9.17) is 9.84 Å². The highest BCUT2D eigenvalue weighted by Gasteiger charge is 1.97. The lowest BCUT2D eigenvalue weighted by Gasteiger charge is -2.04. The molecule has 0 radical (unpaired) electrons. The van der Waals surface area contributed by atoms with Crippen molar-refractivity contribution in [2.45, 2.75) is 6.42 Å². The molecule has 1 aromatic carbocycles. The van der Waals surface area contributed by atoms with Crippen molar-refractivity contribution in [2.24, 2.45) is 0 Å². The second-order valence-electron chi connectivity index (χ2n) is 2.86. The highest BCUT2D eigenvalue weighted by molar-refractivity contribution is 9.11. The zero-order chi connectivity index (χ0) is 10.4. The van der Waals surface area contributed by atoms with Gasteiger partial charge in [-0.15, -0.1) is 0 Å². The molecule has 0 fully saturated rings. The van der Waals surface area contributed by atoms with Crippen LogP contribution in [-0.2, 0) is 11.2 Å². The highest BCUT2D eigenvalue weighted by Crippen LogP contribution is 2.20. The van der Waals surface area contributed by atoms with Crippen LogP contribution in [0, 0.1) is 0 Å². The lowest BCUT2D eigenvalue weighted by Crippen LogP contribution is -2.03. The number of aliphatic hydroxyl groups is 1. The molecule has 0 aliphatic heterocycles. The van der Waals surface area contributed by atoms with Gasteiger partial charge in [0.2, 0.25) is 0 Å². The number of aliphatic hydroxyl groups excluding tert-OH is 1. The first kappa shape index (κ1) is 12.2. The van der Waals surface area contributed by atoms with Gasteiger partial charge in [0.1, 0.15) is 0 Å². The average Bonchev–Trinajstić information content (AvgIpc) is 2.11. The van der Waals surface area contributed by atoms with Gasteiger partial charge >= 0.3 is 0 Å². The first-order chi connectivity index (χ1) is 6.72. The van der Waals surface area contributed by atoms with E-state index >= 15 is 0 Å². The molecule has 1 N–H and O–H groups in total. The molecular formula is C10H12Br2O2. The number of halogens is 2. The Morgan fingerprint density at radius 3 is 2.29 bits per heavy atom. The summed E-state index contributed by atoms with van der Waals surface area (Å²) < 4.78 is 7.30. The van der Waals surface area contributed by atoms with E-state index in [1.807, 2.05) is 6.07 Å². The quantitative estimate of drug-likeness (QED) is 0.844. The molecule has 0 unspecified atom stereocenters. The summed E-state index contributed by atoms with van der Waals surface area (Å²) in [6.45, 7) is 1.14. The first-order valence-corrected chi connectivity index (χ1v) is 5.94. The maximum Gasteiger partial charge on any atom is 0.0697 e. The van der Waals surface area contributed by atoms with Crippen LogP contribution in [0.25, 0.3) is 0 Å². The van der Waals surface area contributed by atoms with Crippen LogP contribution in [-0.4, -0.2) is 24.9 Å². The van der Waals surface area contributed by atoms with Crippen LogP contribution in [0.15, 0.2) is 27.1 Å². The Morgan fingerprint density at radius 2 is 1.71 bits per heavy atom. The number of ether oxygens (including phenoxy) is 1. The summed E-state index contributed by atoms with van der Waals surface area (Å²) >= 11 is 6.85. The molecule has 0 spiro atoms. The van der Waals surface area contributed by atoms with Gasteiger partial charge < -0.3 is 9.84 Å². The fraction of sp³-hybridized carbons (Fsp3) is 0.400. The van der Waals surface area contributed by atoms with Crippen molar-refractivity contribution < 1.29 is 9.84 Å². The molecule has 4 heteroatoms. The molecule has 0 atom stereocenters. The first-order valence-electron chi connectivity index (χ1n) is 4.36. The van der Waals surface area contributed by atoms with Crippen LogP contribution in [0.2, 0.25) is 0 Å². The third-order valence-corrected chi connectivity index (χ3v) is 2.61. The zero-order valence-electron chi connectivity index (χ0n) is 7.67. The maximum atomic E-state index is 8.51. The van der Waals surface area contributed by atoms with E-state index in [1.54, 1.807) is 0 Å². The fourth-order valence-corrected chi connectivity index (χ4v) is 2.50. The van der Waals surface area contributed by atoms with E-state index in [0.29, 0.717) is 13.2 Å². The molecule has 2 nitrogen and oxygen atoms in total. The lowest BCUT2D eigenvalue weighted by atomic mass is 10.2. The summed E-state index contributed by atoms with van der Waals surface area (Å²) in [5.41, 5.74) is 1.21. The molecule has 78 valence electrons. The third kappa shape index (κ3) is 4.55. The van der Waals surface area contributed by atoms with E-state index in [1.165, 1.54) is 5.56 Å². The van der Waals surface area contributed by atoms with Crippen molar-refractivity contribution in [3.63, 3.8) is 0 Å². The Morgan fingerprint density at radius 1 is 1.07 bits per heavy atom. The number of hydrogen-bond acceptors (Lipinski definition) is 2. The molecule has 0 bridgehead atoms. The molecule has 14 heavy (non-hydrogen) atoms. The second kappa shape index (κ2) is 6.56. The predicted octanol–water partition coefficient (Wildman–Crippen LogP) is 2.76. The van der Waals surface area contributed by atoms with Crippen molar-refractivity contribution in [1.82, 2.24) is 0 Å². The second-order valence-corrected chi connectivity index (χ2v) is 4.70. The summed E-state index contributed by atoms with van der Waals surface area (Å²) in [5.74, 6) is 0. The molecule has 1 rings (SSSR count). The van der Waals surface area contributed by atoms with E-state index in [-0.39, 0.29) is 6.61 Å². The third-order valence-electron chi connectivity index (χ3n) is 1.69. The van der Waals surface area contributed by atoms with Crippen molar-refractivity contribution >= 4 is 31.9 Å². The van der Waals surface area contributed by atoms with Crippen molar-refractivity contribution in [2.75, 3.05) is 19.8 Å². The van der Waals surface area contributed by atoms with Gasteiger partial charge in [-0.05, 0) is 30.2 Å². The maximum absolute atomic E-state index is 8.51. The minimum Gasteiger partial charge on any atom is -0.394 e. The zero-order valence-corrected chi connectivity index (χ0v) is 10.8. The number of benzene rings is 1. The molecule has 0 amide bonds. The predicted molar refractivity (Wildman–Crippen MR) is 63.5 cm³/mol. The lowest BCUT2D eigenvalue weighted by molar-refractivity contribution is 0.0944. The topological polar surface area (TPSA) is 29.5 Å². The van der Waals surface area contributed by atoms with Crippen molar-refractivity contribution in [3.8, 4) is 0 Å². The molecule has 1 aromatic rings. The van der Waals surface area contributed by atoms with E-state index in [2.05, 4.69) is 44.0 Å². The van der Waals surface area contributed by atoms with Gasteiger partial charge in [0, 0.05) is 8.95 Å². The normalized spacial score (nSPS) is 10.5. The summed E-state index contributed by atoms with van der Waals surface area (Å²) in [6, 6.07) is 6.12. The minimum absolute atomic E-state index is 0.0855. The van der Waals surface area contributed by atoms with Gasteiger partial charge in [-0.3, -0.25) is 0 Å². The van der Waals surface area contributed by atoms with Gasteiger partial charge in [-0.25, -0.2) is 0 Å². The van der Waals surface area contributed by atoms with Crippen LogP contribution in [0.5, 0.6) is 0 Å². The minimum atomic E-state index is 0.0855. The van der Waals surface area contributed by atoms with Crippen LogP contribution in [0.1, 0.15) is 5.56 Å². The average molecular weight is 324 g/mol. The van der Waals surface area contributed by atoms with E-state index in [0.717, 1.165) is 15.4 Å². The Hall–Kier alpha value is 0.1000. The molecule has 0 saturated carbocycles. The van der Waals surface area contributed by atoms with Gasteiger partial charge in [0.15, 0.2) is 0 Å². The molecule has 0 heterocycles. The summed E-state index contributed by atoms with van der Waals surface area (Å²) in [5, 5.41) is 8.51. The van der Waals surface area contributed by atoms with E-state index in [9.17, 15) is 0 Å². The Bertz CT molecular complexity index is 269. The monoisotopic (exact) mass is 322 g/mol. The summed E-state index contributed by atoms with van der Waals surface area (Å²) in [7, 11) is 0. The van der Waals surface area contributed by atoms with Crippen LogP contribution in [0.4, 0.5) is 0 Å². The van der Waals surface area contributed by atoms with Crippen LogP contribution in [0.3, 0.4) is 0 Å². The van der Waals surface area contributed by atoms with Gasteiger partial charge in [-0.1, -0.05) is 31.9 Å². The Labute approximate surface area is 101 Å². The molecule has 0 aliphatic rings. The Kier molecular flexibility index (Phi) is 5.70. The Balaban J connectivity index is 2.42. The van der Waals surface area contributed by atoms with Gasteiger partial charge in [0.25, 0.3) is 0 Å². The molecule has 0 aliphatic carbocycles.